The van der Waals surface area contributed by atoms with Crippen LogP contribution in [-0.4, -0.2) is 38.9 Å². The maximum atomic E-state index is 12.5. The molecule has 1 fully saturated rings. The number of benzene rings is 1. The average molecular weight is 314 g/mol. The molecule has 0 bridgehead atoms. The molecule has 0 amide bonds. The molecule has 1 heterocycles. The van der Waals surface area contributed by atoms with Gasteiger partial charge in [0.05, 0.1) is 5.56 Å². The minimum Gasteiger partial charge on any atom is -0.313 e. The first kappa shape index (κ1) is 15.3. The van der Waals surface area contributed by atoms with Gasteiger partial charge in [0.2, 0.25) is 10.0 Å². The summed E-state index contributed by atoms with van der Waals surface area (Å²) in [4.78, 5) is -0.0343. The second kappa shape index (κ2) is 6.10. The molecule has 1 atom stereocenters. The Morgan fingerprint density at radius 2 is 2.30 bits per heavy atom. The first-order valence-electron chi connectivity index (χ1n) is 6.34. The zero-order valence-corrected chi connectivity index (χ0v) is 12.7. The molecule has 20 heavy (non-hydrogen) atoms. The van der Waals surface area contributed by atoms with E-state index in [2.05, 4.69) is 5.32 Å². The van der Waals surface area contributed by atoms with E-state index in [-0.39, 0.29) is 16.5 Å². The first-order chi connectivity index (χ1) is 9.45. The molecule has 0 aliphatic carbocycles. The molecule has 2 rings (SSSR count). The second-order valence-corrected chi connectivity index (χ2v) is 7.28. The molecule has 5 nitrogen and oxygen atoms in total. The van der Waals surface area contributed by atoms with Crippen molar-refractivity contribution in [3.63, 3.8) is 0 Å². The lowest BCUT2D eigenvalue weighted by Gasteiger charge is -2.21. The van der Waals surface area contributed by atoms with Crippen LogP contribution in [0.4, 0.5) is 0 Å². The molecule has 1 N–H and O–H groups in total. The predicted molar refractivity (Wildman–Crippen MR) is 77.0 cm³/mol. The van der Waals surface area contributed by atoms with Crippen molar-refractivity contribution in [2.24, 2.45) is 0 Å². The molecule has 0 radical (unpaired) electrons. The van der Waals surface area contributed by atoms with Crippen LogP contribution in [-0.2, 0) is 10.0 Å². The van der Waals surface area contributed by atoms with Crippen LogP contribution < -0.4 is 5.32 Å². The van der Waals surface area contributed by atoms with Gasteiger partial charge < -0.3 is 5.32 Å². The Hall–Kier alpha value is -1.13. The fourth-order valence-corrected chi connectivity index (χ4v) is 3.91. The van der Waals surface area contributed by atoms with Gasteiger partial charge in [-0.05, 0) is 37.6 Å². The van der Waals surface area contributed by atoms with E-state index in [0.717, 1.165) is 19.4 Å². The Bertz CT molecular complexity index is 634. The van der Waals surface area contributed by atoms with E-state index in [9.17, 15) is 8.42 Å². The van der Waals surface area contributed by atoms with Gasteiger partial charge in [-0.3, -0.25) is 0 Å². The molecular weight excluding hydrogens is 298 g/mol. The van der Waals surface area contributed by atoms with Gasteiger partial charge in [0.1, 0.15) is 11.0 Å². The molecule has 0 saturated carbocycles. The number of nitriles is 1. The van der Waals surface area contributed by atoms with E-state index in [4.69, 9.17) is 16.9 Å². The summed E-state index contributed by atoms with van der Waals surface area (Å²) < 4.78 is 26.4. The van der Waals surface area contributed by atoms with Crippen molar-refractivity contribution in [2.45, 2.75) is 23.8 Å². The molecule has 7 heteroatoms. The Kier molecular flexibility index (Phi) is 4.66. The van der Waals surface area contributed by atoms with E-state index in [0.29, 0.717) is 11.6 Å². The van der Waals surface area contributed by atoms with Gasteiger partial charge in [-0.25, -0.2) is 8.42 Å². The topological polar surface area (TPSA) is 73.2 Å². The van der Waals surface area contributed by atoms with E-state index in [1.165, 1.54) is 29.6 Å². The quantitative estimate of drug-likeness (QED) is 0.916. The fourth-order valence-electron chi connectivity index (χ4n) is 2.29. The summed E-state index contributed by atoms with van der Waals surface area (Å²) in [6.07, 6.45) is 2.01. The Balaban J connectivity index is 2.29. The number of hydrogen-bond donors (Lipinski definition) is 1. The van der Waals surface area contributed by atoms with E-state index < -0.39 is 10.0 Å². The highest BCUT2D eigenvalue weighted by atomic mass is 35.5. The highest BCUT2D eigenvalue weighted by molar-refractivity contribution is 7.89. The smallest absolute Gasteiger partial charge is 0.244 e. The summed E-state index contributed by atoms with van der Waals surface area (Å²) in [6, 6.07) is 6.33. The predicted octanol–water partition coefficient (Wildman–Crippen LogP) is 1.58. The van der Waals surface area contributed by atoms with Crippen LogP contribution in [0.5, 0.6) is 0 Å². The zero-order chi connectivity index (χ0) is 14.8. The van der Waals surface area contributed by atoms with Crippen LogP contribution in [0, 0.1) is 11.3 Å². The van der Waals surface area contributed by atoms with Crippen molar-refractivity contribution >= 4 is 21.6 Å². The second-order valence-electron chi connectivity index (χ2n) is 4.83. The van der Waals surface area contributed by atoms with Crippen LogP contribution in [0.25, 0.3) is 0 Å². The minimum atomic E-state index is -3.71. The molecule has 1 saturated heterocycles. The van der Waals surface area contributed by atoms with Crippen molar-refractivity contribution in [3.8, 4) is 6.07 Å². The van der Waals surface area contributed by atoms with Crippen LogP contribution in [0.2, 0.25) is 5.02 Å². The van der Waals surface area contributed by atoms with E-state index in [1.54, 1.807) is 0 Å². The van der Waals surface area contributed by atoms with Gasteiger partial charge in [0.15, 0.2) is 0 Å². The summed E-state index contributed by atoms with van der Waals surface area (Å²) in [5.41, 5.74) is 0.112. The van der Waals surface area contributed by atoms with Crippen LogP contribution >= 0.6 is 11.6 Å². The zero-order valence-electron chi connectivity index (χ0n) is 11.1. The molecule has 1 aromatic rings. The fraction of sp³-hybridized carbons (Fsp3) is 0.462. The highest BCUT2D eigenvalue weighted by Crippen LogP contribution is 2.23. The lowest BCUT2D eigenvalue weighted by molar-refractivity contribution is 0.417. The van der Waals surface area contributed by atoms with Crippen molar-refractivity contribution < 1.29 is 8.42 Å². The molecule has 1 aliphatic heterocycles. The third-order valence-corrected chi connectivity index (χ3v) is 5.49. The number of rotatable bonds is 4. The SMILES string of the molecule is CN(CC1CCCN1)S(=O)(=O)c1cc(Cl)ccc1C#N. The third-order valence-electron chi connectivity index (χ3n) is 3.39. The maximum absolute atomic E-state index is 12.5. The van der Waals surface area contributed by atoms with Crippen LogP contribution in [0.15, 0.2) is 23.1 Å². The lowest BCUT2D eigenvalue weighted by atomic mass is 10.2. The summed E-state index contributed by atoms with van der Waals surface area (Å²) in [5, 5.41) is 12.6. The van der Waals surface area contributed by atoms with Crippen molar-refractivity contribution in [1.29, 1.82) is 5.26 Å². The molecule has 0 aromatic heterocycles. The Labute approximate surface area is 124 Å². The minimum absolute atomic E-state index is 0.0343. The van der Waals surface area contributed by atoms with Gasteiger partial charge in [0, 0.05) is 24.7 Å². The molecule has 1 aliphatic rings. The maximum Gasteiger partial charge on any atom is 0.244 e. The van der Waals surface area contributed by atoms with Crippen molar-refractivity contribution in [1.82, 2.24) is 9.62 Å². The van der Waals surface area contributed by atoms with E-state index >= 15 is 0 Å². The number of hydrogen-bond acceptors (Lipinski definition) is 4. The standard InChI is InChI=1S/C13H16ClN3O2S/c1-17(9-12-3-2-6-16-12)20(18,19)13-7-11(14)5-4-10(13)8-15/h4-5,7,12,16H,2-3,6,9H2,1H3. The molecule has 1 aromatic carbocycles. The molecule has 0 spiro atoms. The Morgan fingerprint density at radius 3 is 2.90 bits per heavy atom. The number of sulfonamides is 1. The number of nitrogens with one attached hydrogen (secondary N) is 1. The summed E-state index contributed by atoms with van der Waals surface area (Å²) >= 11 is 5.85. The van der Waals surface area contributed by atoms with Gasteiger partial charge >= 0.3 is 0 Å². The largest absolute Gasteiger partial charge is 0.313 e. The monoisotopic (exact) mass is 313 g/mol. The lowest BCUT2D eigenvalue weighted by Crippen LogP contribution is -2.38. The Morgan fingerprint density at radius 1 is 1.55 bits per heavy atom. The van der Waals surface area contributed by atoms with Gasteiger partial charge in [0.25, 0.3) is 0 Å². The van der Waals surface area contributed by atoms with E-state index in [1.807, 2.05) is 6.07 Å². The highest BCUT2D eigenvalue weighted by Gasteiger charge is 2.27. The normalized spacial score (nSPS) is 19.2. The van der Waals surface area contributed by atoms with Gasteiger partial charge in [-0.15, -0.1) is 0 Å². The summed E-state index contributed by atoms with van der Waals surface area (Å²) in [5.74, 6) is 0. The number of nitrogens with zero attached hydrogens (tertiary/aromatic N) is 2. The molecular formula is C13H16ClN3O2S. The number of halogens is 1. The summed E-state index contributed by atoms with van der Waals surface area (Å²) in [6.45, 7) is 1.30. The molecule has 1 unspecified atom stereocenters. The van der Waals surface area contributed by atoms with Gasteiger partial charge in [-0.1, -0.05) is 11.6 Å². The third kappa shape index (κ3) is 3.13. The molecule has 108 valence electrons. The summed E-state index contributed by atoms with van der Waals surface area (Å²) in [7, 11) is -2.18. The van der Waals surface area contributed by atoms with Crippen molar-refractivity contribution in [3.05, 3.63) is 28.8 Å². The van der Waals surface area contributed by atoms with Crippen LogP contribution in [0.3, 0.4) is 0 Å². The average Bonchev–Trinajstić information content (AvgIpc) is 2.91. The first-order valence-corrected chi connectivity index (χ1v) is 8.16. The van der Waals surface area contributed by atoms with Gasteiger partial charge in [-0.2, -0.15) is 9.57 Å². The van der Waals surface area contributed by atoms with Crippen LogP contribution in [0.1, 0.15) is 18.4 Å². The number of likely N-dealkylation sites (N-methyl/N-ethyl adjacent to an activating group) is 1. The van der Waals surface area contributed by atoms with Crippen molar-refractivity contribution in [2.75, 3.05) is 20.1 Å².